The minimum atomic E-state index is -0.417. The molecule has 1 aliphatic heterocycles. The van der Waals surface area contributed by atoms with E-state index >= 15 is 0 Å². The maximum Gasteiger partial charge on any atom is 0.164 e. The molecule has 2 aromatic heterocycles. The number of aromatic nitrogens is 3. The highest BCUT2D eigenvalue weighted by Gasteiger charge is 2.40. The first-order valence-corrected chi connectivity index (χ1v) is 10.5. The molecule has 0 bridgehead atoms. The number of fused-ring (bicyclic) bond motifs is 1. The van der Waals surface area contributed by atoms with Gasteiger partial charge in [-0.15, -0.1) is 0 Å². The van der Waals surface area contributed by atoms with Crippen LogP contribution >= 0.6 is 23.2 Å². The highest BCUT2D eigenvalue weighted by Crippen LogP contribution is 2.44. The van der Waals surface area contributed by atoms with Gasteiger partial charge in [-0.3, -0.25) is 0 Å². The van der Waals surface area contributed by atoms with Crippen molar-refractivity contribution in [3.63, 3.8) is 0 Å². The molecule has 0 atom stereocenters. The number of nitrogens with zero attached hydrogens (tertiary/aromatic N) is 5. The third-order valence-corrected chi connectivity index (χ3v) is 6.07. The Balaban J connectivity index is 1.98. The van der Waals surface area contributed by atoms with E-state index in [-0.39, 0.29) is 0 Å². The average molecular weight is 458 g/mol. The van der Waals surface area contributed by atoms with Gasteiger partial charge in [0.05, 0.1) is 42.4 Å². The quantitative estimate of drug-likeness (QED) is 0.502. The number of benzene rings is 1. The van der Waals surface area contributed by atoms with E-state index in [2.05, 4.69) is 11.1 Å². The lowest BCUT2D eigenvalue weighted by molar-refractivity contribution is 0.335. The van der Waals surface area contributed by atoms with Gasteiger partial charge in [0.15, 0.2) is 5.82 Å². The number of pyridine rings is 1. The zero-order chi connectivity index (χ0) is 22.3. The summed E-state index contributed by atoms with van der Waals surface area (Å²) in [6.45, 7) is 5.07. The van der Waals surface area contributed by atoms with Crippen molar-refractivity contribution in [1.82, 2.24) is 15.0 Å². The van der Waals surface area contributed by atoms with Gasteiger partial charge >= 0.3 is 0 Å². The first-order valence-electron chi connectivity index (χ1n) is 9.77. The molecule has 31 heavy (non-hydrogen) atoms. The molecule has 1 fully saturated rings. The molecule has 4 rings (SSSR count). The van der Waals surface area contributed by atoms with Crippen LogP contribution in [0.1, 0.15) is 19.4 Å². The Morgan fingerprint density at radius 1 is 1.16 bits per heavy atom. The van der Waals surface area contributed by atoms with E-state index in [1.54, 1.807) is 32.5 Å². The van der Waals surface area contributed by atoms with Gasteiger partial charge in [0, 0.05) is 35.7 Å². The second-order valence-corrected chi connectivity index (χ2v) is 8.49. The molecule has 1 aromatic carbocycles. The number of nitriles is 1. The lowest BCUT2D eigenvalue weighted by Gasteiger charge is -2.44. The Bertz CT molecular complexity index is 1220. The normalized spacial score (nSPS) is 14.8. The second-order valence-electron chi connectivity index (χ2n) is 7.73. The molecule has 0 unspecified atom stereocenters. The summed E-state index contributed by atoms with van der Waals surface area (Å²) >= 11 is 12.9. The molecular formula is C22H21Cl2N5O2. The van der Waals surface area contributed by atoms with Crippen molar-refractivity contribution < 1.29 is 9.47 Å². The summed E-state index contributed by atoms with van der Waals surface area (Å²) < 4.78 is 11.0. The van der Waals surface area contributed by atoms with Crippen LogP contribution in [0.4, 0.5) is 5.82 Å². The molecule has 0 N–H and O–H groups in total. The van der Waals surface area contributed by atoms with Crippen molar-refractivity contribution in [2.45, 2.75) is 20.3 Å². The van der Waals surface area contributed by atoms with Gasteiger partial charge in [-0.2, -0.15) is 5.26 Å². The molecule has 0 radical (unpaired) electrons. The zero-order valence-electron chi connectivity index (χ0n) is 17.7. The van der Waals surface area contributed by atoms with Crippen LogP contribution in [-0.4, -0.2) is 42.3 Å². The SMILES string of the molecule is CCc1c(OC)cc(OC)c(Cl)c1-c1nc(N2CC(C)(C#N)C2)c2cc(Cl)ncc2n1. The Labute approximate surface area is 190 Å². The molecule has 0 saturated carbocycles. The van der Waals surface area contributed by atoms with Crippen LogP contribution in [0.2, 0.25) is 10.2 Å². The van der Waals surface area contributed by atoms with E-state index < -0.39 is 5.41 Å². The van der Waals surface area contributed by atoms with Crippen LogP contribution in [0.25, 0.3) is 22.3 Å². The number of hydrogen-bond acceptors (Lipinski definition) is 7. The number of anilines is 1. The first kappa shape index (κ1) is 21.4. The molecule has 3 heterocycles. The Morgan fingerprint density at radius 3 is 2.48 bits per heavy atom. The van der Waals surface area contributed by atoms with Crippen LogP contribution in [-0.2, 0) is 6.42 Å². The fourth-order valence-electron chi connectivity index (χ4n) is 3.92. The van der Waals surface area contributed by atoms with Gasteiger partial charge < -0.3 is 14.4 Å². The van der Waals surface area contributed by atoms with E-state index in [1.165, 1.54) is 0 Å². The lowest BCUT2D eigenvalue weighted by atomic mass is 9.83. The summed E-state index contributed by atoms with van der Waals surface area (Å²) in [6.07, 6.45) is 2.28. The van der Waals surface area contributed by atoms with Crippen molar-refractivity contribution in [1.29, 1.82) is 5.26 Å². The predicted molar refractivity (Wildman–Crippen MR) is 121 cm³/mol. The van der Waals surface area contributed by atoms with Gasteiger partial charge in [0.1, 0.15) is 22.5 Å². The summed E-state index contributed by atoms with van der Waals surface area (Å²) in [5.41, 5.74) is 1.75. The summed E-state index contributed by atoms with van der Waals surface area (Å²) in [6, 6.07) is 5.87. The third-order valence-electron chi connectivity index (χ3n) is 5.49. The fourth-order valence-corrected chi connectivity index (χ4v) is 4.41. The highest BCUT2D eigenvalue weighted by atomic mass is 35.5. The average Bonchev–Trinajstić information content (AvgIpc) is 2.75. The van der Waals surface area contributed by atoms with Crippen LogP contribution in [0.15, 0.2) is 18.3 Å². The molecule has 160 valence electrons. The summed E-state index contributed by atoms with van der Waals surface area (Å²) in [7, 11) is 3.16. The van der Waals surface area contributed by atoms with Crippen LogP contribution in [0.5, 0.6) is 11.5 Å². The van der Waals surface area contributed by atoms with Crippen molar-refractivity contribution in [3.8, 4) is 29.0 Å². The van der Waals surface area contributed by atoms with Gasteiger partial charge in [0.2, 0.25) is 0 Å². The molecule has 0 aliphatic carbocycles. The van der Waals surface area contributed by atoms with E-state index in [0.717, 1.165) is 10.9 Å². The van der Waals surface area contributed by atoms with Crippen molar-refractivity contribution >= 4 is 39.9 Å². The Kier molecular flexibility index (Phi) is 5.54. The molecular weight excluding hydrogens is 437 g/mol. The Hall–Kier alpha value is -2.82. The first-order chi connectivity index (χ1) is 14.8. The van der Waals surface area contributed by atoms with E-state index in [1.807, 2.05) is 18.7 Å². The standard InChI is InChI=1S/C22H21Cl2N5O2/c1-5-12-15(30-3)7-16(31-4)19(24)18(12)20-27-14-8-26-17(23)6-13(14)21(28-20)29-10-22(2,9-25)11-29/h6-8H,5,10-11H2,1-4H3. The molecule has 9 heteroatoms. The monoisotopic (exact) mass is 457 g/mol. The maximum atomic E-state index is 9.43. The third kappa shape index (κ3) is 3.60. The topological polar surface area (TPSA) is 84.2 Å². The van der Waals surface area contributed by atoms with E-state index in [9.17, 15) is 5.26 Å². The van der Waals surface area contributed by atoms with Crippen LogP contribution in [0, 0.1) is 16.7 Å². The summed E-state index contributed by atoms with van der Waals surface area (Å²) in [4.78, 5) is 15.9. The number of hydrogen-bond donors (Lipinski definition) is 0. The van der Waals surface area contributed by atoms with Crippen LogP contribution in [0.3, 0.4) is 0 Å². The number of ether oxygens (including phenoxy) is 2. The number of methoxy groups -OCH3 is 2. The van der Waals surface area contributed by atoms with Gasteiger partial charge in [0.25, 0.3) is 0 Å². The molecule has 0 spiro atoms. The molecule has 3 aromatic rings. The fraction of sp³-hybridized carbons (Fsp3) is 0.364. The summed E-state index contributed by atoms with van der Waals surface area (Å²) in [5, 5.41) is 11.0. The predicted octanol–water partition coefficient (Wildman–Crippen LogP) is 4.93. The van der Waals surface area contributed by atoms with Gasteiger partial charge in [-0.1, -0.05) is 30.1 Å². The zero-order valence-corrected chi connectivity index (χ0v) is 19.2. The second kappa shape index (κ2) is 8.03. The smallest absolute Gasteiger partial charge is 0.164 e. The highest BCUT2D eigenvalue weighted by molar-refractivity contribution is 6.35. The molecule has 1 saturated heterocycles. The van der Waals surface area contributed by atoms with Crippen molar-refractivity contribution in [3.05, 3.63) is 34.1 Å². The minimum absolute atomic E-state index is 0.351. The van der Waals surface area contributed by atoms with Crippen LogP contribution < -0.4 is 14.4 Å². The summed E-state index contributed by atoms with van der Waals surface area (Å²) in [5.74, 6) is 2.26. The number of halogens is 2. The molecule has 1 aliphatic rings. The maximum absolute atomic E-state index is 9.43. The number of rotatable bonds is 5. The lowest BCUT2D eigenvalue weighted by Crippen LogP contribution is -2.54. The largest absolute Gasteiger partial charge is 0.496 e. The van der Waals surface area contributed by atoms with Gasteiger partial charge in [-0.25, -0.2) is 15.0 Å². The minimum Gasteiger partial charge on any atom is -0.496 e. The Morgan fingerprint density at radius 2 is 1.87 bits per heavy atom. The van der Waals surface area contributed by atoms with Crippen molar-refractivity contribution in [2.24, 2.45) is 5.41 Å². The molecule has 7 nitrogen and oxygen atoms in total. The van der Waals surface area contributed by atoms with E-state index in [0.29, 0.717) is 63.9 Å². The van der Waals surface area contributed by atoms with Crippen molar-refractivity contribution in [2.75, 3.05) is 32.2 Å². The van der Waals surface area contributed by atoms with E-state index in [4.69, 9.17) is 42.6 Å². The van der Waals surface area contributed by atoms with Gasteiger partial charge in [-0.05, 0) is 19.4 Å². The molecule has 0 amide bonds.